The Kier molecular flexibility index (Phi) is 103. The molecule has 0 saturated heterocycles. The third-order valence-corrected chi connectivity index (χ3v) is 26.8. The van der Waals surface area contributed by atoms with Gasteiger partial charge in [-0.3, -0.25) is 0 Å². The van der Waals surface area contributed by atoms with Crippen LogP contribution in [0.2, 0.25) is 0 Å². The summed E-state index contributed by atoms with van der Waals surface area (Å²) in [6.07, 6.45) is 121. The first-order valence-corrected chi connectivity index (χ1v) is 54.9. The van der Waals surface area contributed by atoms with Crippen molar-refractivity contribution in [1.82, 2.24) is 29.8 Å². The highest BCUT2D eigenvalue weighted by Gasteiger charge is 2.17. The summed E-state index contributed by atoms with van der Waals surface area (Å²) in [6.45, 7) is 37.8. The molecule has 114 heavy (non-hydrogen) atoms. The smallest absolute Gasteiger partial charge is 0.0110 e. The van der Waals surface area contributed by atoms with Crippen molar-refractivity contribution in [2.75, 3.05) is 111 Å². The van der Waals surface area contributed by atoms with Crippen LogP contribution >= 0.6 is 0 Å². The normalized spacial score (nSPS) is 12.1. The Bertz CT molecular complexity index is 1640. The number of nitrogens with zero attached hydrogens (tertiary/aromatic N) is 5. The third kappa shape index (κ3) is 94.0. The fourth-order valence-corrected chi connectivity index (χ4v) is 18.4. The Morgan fingerprint density at radius 1 is 0.105 bits per heavy atom. The molecule has 0 saturated carbocycles. The van der Waals surface area contributed by atoms with Crippen molar-refractivity contribution in [2.45, 2.75) is 588 Å². The molecule has 0 unspecified atom stereocenters. The van der Waals surface area contributed by atoms with Gasteiger partial charge in [0.05, 0.1) is 0 Å². The van der Waals surface area contributed by atoms with Gasteiger partial charge in [-0.1, -0.05) is 549 Å². The van der Waals surface area contributed by atoms with Crippen LogP contribution < -0.4 is 5.32 Å². The molecule has 0 rings (SSSR count). The van der Waals surface area contributed by atoms with E-state index in [0.29, 0.717) is 0 Å². The summed E-state index contributed by atoms with van der Waals surface area (Å²) in [7, 11) is 0. The van der Waals surface area contributed by atoms with E-state index >= 15 is 0 Å². The van der Waals surface area contributed by atoms with E-state index in [1.54, 1.807) is 0 Å². The lowest BCUT2D eigenvalue weighted by atomic mass is 10.0. The van der Waals surface area contributed by atoms with Gasteiger partial charge < -0.3 is 29.8 Å². The number of rotatable bonds is 106. The highest BCUT2D eigenvalue weighted by molar-refractivity contribution is 4.73. The van der Waals surface area contributed by atoms with Gasteiger partial charge in [-0.2, -0.15) is 0 Å². The van der Waals surface area contributed by atoms with Crippen LogP contribution in [0.15, 0.2) is 0 Å². The van der Waals surface area contributed by atoms with Crippen LogP contribution in [-0.2, 0) is 0 Å². The molecular formula is C108H224N6. The molecule has 0 aromatic heterocycles. The van der Waals surface area contributed by atoms with Gasteiger partial charge in [0.25, 0.3) is 0 Å². The molecule has 0 fully saturated rings. The molecule has 0 aliphatic rings. The lowest BCUT2D eigenvalue weighted by Gasteiger charge is -2.32. The lowest BCUT2D eigenvalue weighted by Crippen LogP contribution is -2.44. The molecule has 1 N–H and O–H groups in total. The van der Waals surface area contributed by atoms with E-state index < -0.39 is 0 Å². The molecule has 6 heteroatoms. The van der Waals surface area contributed by atoms with Gasteiger partial charge in [-0.25, -0.2) is 0 Å². The number of hydrogen-bond acceptors (Lipinski definition) is 6. The maximum atomic E-state index is 4.01. The van der Waals surface area contributed by atoms with E-state index in [2.05, 4.69) is 78.3 Å². The molecule has 0 atom stereocenters. The van der Waals surface area contributed by atoms with E-state index in [9.17, 15) is 0 Å². The summed E-state index contributed by atoms with van der Waals surface area (Å²) < 4.78 is 0. The second-order valence-corrected chi connectivity index (χ2v) is 38.1. The van der Waals surface area contributed by atoms with Crippen molar-refractivity contribution in [3.63, 3.8) is 0 Å². The Morgan fingerprint density at radius 3 is 0.386 bits per heavy atom. The first kappa shape index (κ1) is 114. The average molecular weight is 1610 g/mol. The predicted octanol–water partition coefficient (Wildman–Crippen LogP) is 35.0. The fraction of sp³-hybridized carbons (Fsp3) is 1.00. The SMILES string of the molecule is CCCCCCCCCCCCCCCCNCCN(CCCCCCCCCCCCCCCC)CCN(CCCCCCCCCCCCCCCC)CCN(CCCCCCCCCCCCCCCC)CCN(CCCCCCCCCCCCCCCC)CCN(CC)CCCCCCCCCCCCCCCC. The van der Waals surface area contributed by atoms with Crippen molar-refractivity contribution in [3.8, 4) is 0 Å². The molecular weight excluding hydrogens is 1380 g/mol. The second-order valence-electron chi connectivity index (χ2n) is 38.1. The predicted molar refractivity (Wildman–Crippen MR) is 523 cm³/mol. The van der Waals surface area contributed by atoms with Crippen molar-refractivity contribution in [2.24, 2.45) is 0 Å². The summed E-state index contributed by atoms with van der Waals surface area (Å²) in [5, 5.41) is 4.01. The number of nitrogens with one attached hydrogen (secondary N) is 1. The molecule has 0 aliphatic heterocycles. The van der Waals surface area contributed by atoms with Gasteiger partial charge in [0.1, 0.15) is 0 Å². The van der Waals surface area contributed by atoms with Gasteiger partial charge in [0.2, 0.25) is 0 Å². The van der Waals surface area contributed by atoms with E-state index in [4.69, 9.17) is 0 Å². The number of likely N-dealkylation sites (N-methyl/N-ethyl adjacent to an activating group) is 1. The van der Waals surface area contributed by atoms with Gasteiger partial charge in [-0.05, 0) is 84.3 Å². The zero-order valence-corrected chi connectivity index (χ0v) is 81.2. The minimum absolute atomic E-state index is 1.16. The van der Waals surface area contributed by atoms with Crippen LogP contribution in [-0.4, -0.2) is 136 Å². The first-order chi connectivity index (χ1) is 56.6. The Balaban J connectivity index is 6.44. The van der Waals surface area contributed by atoms with Crippen molar-refractivity contribution in [3.05, 3.63) is 0 Å². The molecule has 686 valence electrons. The minimum Gasteiger partial charge on any atom is -0.315 e. The minimum atomic E-state index is 1.16. The molecule has 0 aliphatic carbocycles. The highest BCUT2D eigenvalue weighted by atomic mass is 15.2. The fourth-order valence-electron chi connectivity index (χ4n) is 18.4. The van der Waals surface area contributed by atoms with Crippen LogP contribution in [0, 0.1) is 0 Å². The zero-order chi connectivity index (χ0) is 82.0. The van der Waals surface area contributed by atoms with E-state index in [0.717, 1.165) is 6.54 Å². The monoisotopic (exact) mass is 1610 g/mol. The molecule has 0 aromatic carbocycles. The summed E-state index contributed by atoms with van der Waals surface area (Å²) in [4.78, 5) is 14.8. The van der Waals surface area contributed by atoms with Crippen molar-refractivity contribution in [1.29, 1.82) is 0 Å². The average Bonchev–Trinajstić information content (AvgIpc) is 0.920. The summed E-state index contributed by atoms with van der Waals surface area (Å²) in [5.74, 6) is 0. The van der Waals surface area contributed by atoms with Gasteiger partial charge >= 0.3 is 0 Å². The molecule has 0 radical (unpaired) electrons. The van der Waals surface area contributed by atoms with Crippen LogP contribution in [0.3, 0.4) is 0 Å². The van der Waals surface area contributed by atoms with Crippen LogP contribution in [0.5, 0.6) is 0 Å². The van der Waals surface area contributed by atoms with E-state index in [-0.39, 0.29) is 0 Å². The largest absolute Gasteiger partial charge is 0.315 e. The first-order valence-electron chi connectivity index (χ1n) is 54.9. The van der Waals surface area contributed by atoms with Crippen LogP contribution in [0.4, 0.5) is 0 Å². The number of unbranched alkanes of at least 4 members (excludes halogenated alkanes) is 78. The zero-order valence-electron chi connectivity index (χ0n) is 81.2. The topological polar surface area (TPSA) is 28.2 Å². The molecule has 0 amide bonds. The van der Waals surface area contributed by atoms with Crippen LogP contribution in [0.1, 0.15) is 588 Å². The lowest BCUT2D eigenvalue weighted by molar-refractivity contribution is 0.149. The summed E-state index contributed by atoms with van der Waals surface area (Å²) >= 11 is 0. The third-order valence-electron chi connectivity index (χ3n) is 26.8. The molecule has 0 heterocycles. The van der Waals surface area contributed by atoms with Crippen molar-refractivity contribution < 1.29 is 0 Å². The van der Waals surface area contributed by atoms with E-state index in [1.807, 2.05) is 0 Å². The maximum absolute atomic E-state index is 4.01. The van der Waals surface area contributed by atoms with Crippen LogP contribution in [0.25, 0.3) is 0 Å². The molecule has 0 bridgehead atoms. The Hall–Kier alpha value is -0.240. The van der Waals surface area contributed by atoms with Crippen molar-refractivity contribution >= 4 is 0 Å². The van der Waals surface area contributed by atoms with E-state index in [1.165, 1.54) is 644 Å². The highest BCUT2D eigenvalue weighted by Crippen LogP contribution is 2.22. The standard InChI is InChI=1S/C108H224N6/c1-8-15-21-27-33-39-45-51-57-63-69-75-81-87-93-109-94-100-111(96-89-83-77-71-65-59-53-47-41-35-29-23-17-10-3)103-104-113(98-91-85-79-73-67-61-55-49-43-37-31-25-19-12-5)107-108-114(99-92-86-80-74-68-62-56-50-44-38-32-26-20-13-6)106-105-112(97-90-84-78-72-66-60-54-48-42-36-30-24-18-11-4)102-101-110(14-7)95-88-82-76-70-64-58-52-46-40-34-28-22-16-9-2/h109H,8-108H2,1-7H3. The van der Waals surface area contributed by atoms with Gasteiger partial charge in [-0.15, -0.1) is 0 Å². The Labute approximate surface area is 724 Å². The summed E-state index contributed by atoms with van der Waals surface area (Å²) in [6, 6.07) is 0. The molecule has 0 aromatic rings. The molecule has 0 spiro atoms. The Morgan fingerprint density at radius 2 is 0.228 bits per heavy atom. The van der Waals surface area contributed by atoms with Gasteiger partial charge in [0, 0.05) is 65.4 Å². The maximum Gasteiger partial charge on any atom is 0.0110 e. The second kappa shape index (κ2) is 103. The quantitative estimate of drug-likeness (QED) is 0.0610. The number of hydrogen-bond donors (Lipinski definition) is 1. The molecule has 6 nitrogen and oxygen atoms in total. The van der Waals surface area contributed by atoms with Gasteiger partial charge in [0.15, 0.2) is 0 Å². The summed E-state index contributed by atoms with van der Waals surface area (Å²) in [5.41, 5.74) is 0.